The fourth-order valence-corrected chi connectivity index (χ4v) is 8.20. The van der Waals surface area contributed by atoms with Crippen LogP contribution in [0.3, 0.4) is 0 Å². The lowest BCUT2D eigenvalue weighted by Gasteiger charge is -2.20. The summed E-state index contributed by atoms with van der Waals surface area (Å²) in [6.45, 7) is 2.86. The molecule has 11 nitrogen and oxygen atoms in total. The first-order valence-corrected chi connectivity index (χ1v) is 26.6. The van der Waals surface area contributed by atoms with E-state index in [1.807, 2.05) is 0 Å². The van der Waals surface area contributed by atoms with Crippen molar-refractivity contribution in [1.29, 1.82) is 0 Å². The van der Waals surface area contributed by atoms with Crippen LogP contribution < -0.4 is 5.73 Å². The van der Waals surface area contributed by atoms with Crippen molar-refractivity contribution in [3.63, 3.8) is 0 Å². The summed E-state index contributed by atoms with van der Waals surface area (Å²) in [6.07, 6.45) is 44.5. The molecule has 0 fully saturated rings. The molecule has 0 aliphatic rings. The summed E-state index contributed by atoms with van der Waals surface area (Å²) in [6, 6.07) is -1.52. The van der Waals surface area contributed by atoms with Crippen molar-refractivity contribution < 1.29 is 47.5 Å². The summed E-state index contributed by atoms with van der Waals surface area (Å²) in [4.78, 5) is 46.1. The number of ether oxygens (including phenoxy) is 2. The molecular weight excluding hydrogens is 781 g/mol. The molecule has 0 aliphatic carbocycles. The largest absolute Gasteiger partial charge is 0.480 e. The molecule has 12 heteroatoms. The monoisotopic (exact) mass is 876 g/mol. The zero-order valence-corrected chi connectivity index (χ0v) is 39.7. The van der Waals surface area contributed by atoms with Crippen LogP contribution in [0.25, 0.3) is 0 Å². The molecular formula is C48H94NO10P. The van der Waals surface area contributed by atoms with E-state index < -0.39 is 51.1 Å². The number of carboxylic acid groups (broad SMARTS) is 1. The Labute approximate surface area is 367 Å². The second-order valence-corrected chi connectivity index (χ2v) is 18.8. The average molecular weight is 876 g/mol. The molecule has 0 saturated carbocycles. The third kappa shape index (κ3) is 43.1. The summed E-state index contributed by atoms with van der Waals surface area (Å²) < 4.78 is 32.8. The van der Waals surface area contributed by atoms with Crippen LogP contribution in [0.15, 0.2) is 0 Å². The Bertz CT molecular complexity index is 1030. The minimum atomic E-state index is -4.71. The SMILES string of the molecule is CCCCCCCCCCCCCCCCCCCCCCC(=O)O[C@H](COC(=O)CCCCCCCCCCCCCCCCCC)COP(=O)(O)OC[C@H](N)C(=O)O. The maximum Gasteiger partial charge on any atom is 0.472 e. The maximum atomic E-state index is 12.7. The minimum absolute atomic E-state index is 0.170. The standard InChI is InChI=1S/C48H94NO10P/c1-3-5-7-9-11-13-15-17-19-21-22-23-24-26-28-30-32-34-36-38-40-47(51)59-44(42-57-60(54,55)58-43-45(49)48(52)53)41-56-46(50)39-37-35-33-31-29-27-25-20-18-16-14-12-10-8-6-4-2/h44-45H,3-43,49H2,1-2H3,(H,52,53)(H,54,55)/t44-,45+/m1/s1. The van der Waals surface area contributed by atoms with Crippen molar-refractivity contribution in [3.8, 4) is 0 Å². The van der Waals surface area contributed by atoms with Crippen LogP contribution in [0.4, 0.5) is 0 Å². The van der Waals surface area contributed by atoms with E-state index in [1.54, 1.807) is 0 Å². The zero-order valence-electron chi connectivity index (χ0n) is 38.8. The molecule has 0 spiro atoms. The molecule has 3 atom stereocenters. The number of hydrogen-bond acceptors (Lipinski definition) is 9. The Morgan fingerprint density at radius 3 is 1.05 bits per heavy atom. The van der Waals surface area contributed by atoms with Gasteiger partial charge >= 0.3 is 25.7 Å². The number of aliphatic carboxylic acids is 1. The molecule has 0 radical (unpaired) electrons. The fraction of sp³-hybridized carbons (Fsp3) is 0.938. The van der Waals surface area contributed by atoms with Gasteiger partial charge in [0.05, 0.1) is 13.2 Å². The number of hydrogen-bond donors (Lipinski definition) is 3. The molecule has 1 unspecified atom stereocenters. The van der Waals surface area contributed by atoms with Crippen molar-refractivity contribution in [3.05, 3.63) is 0 Å². The van der Waals surface area contributed by atoms with Crippen LogP contribution in [0.1, 0.15) is 258 Å². The van der Waals surface area contributed by atoms with Gasteiger partial charge in [0, 0.05) is 12.8 Å². The Kier molecular flexibility index (Phi) is 43.0. The zero-order chi connectivity index (χ0) is 44.2. The van der Waals surface area contributed by atoms with Gasteiger partial charge in [0.1, 0.15) is 12.6 Å². The van der Waals surface area contributed by atoms with Crippen LogP contribution >= 0.6 is 7.82 Å². The van der Waals surface area contributed by atoms with Gasteiger partial charge in [-0.05, 0) is 12.8 Å². The first kappa shape index (κ1) is 58.5. The third-order valence-corrected chi connectivity index (χ3v) is 12.3. The van der Waals surface area contributed by atoms with Crippen LogP contribution in [0.2, 0.25) is 0 Å². The molecule has 0 bridgehead atoms. The quantitative estimate of drug-likeness (QED) is 0.0302. The van der Waals surface area contributed by atoms with E-state index in [1.165, 1.54) is 180 Å². The Morgan fingerprint density at radius 1 is 0.450 bits per heavy atom. The van der Waals surface area contributed by atoms with Gasteiger partial charge in [-0.1, -0.05) is 232 Å². The number of carbonyl (C=O) groups is 3. The van der Waals surface area contributed by atoms with Gasteiger partial charge in [0.25, 0.3) is 0 Å². The summed E-state index contributed by atoms with van der Waals surface area (Å²) in [5.41, 5.74) is 5.35. The van der Waals surface area contributed by atoms with Gasteiger partial charge in [-0.15, -0.1) is 0 Å². The number of unbranched alkanes of at least 4 members (excludes halogenated alkanes) is 34. The van der Waals surface area contributed by atoms with E-state index in [-0.39, 0.29) is 19.4 Å². The topological polar surface area (TPSA) is 172 Å². The van der Waals surface area contributed by atoms with Crippen LogP contribution in [0.5, 0.6) is 0 Å². The maximum absolute atomic E-state index is 12.7. The van der Waals surface area contributed by atoms with Crippen LogP contribution in [-0.4, -0.2) is 59.9 Å². The van der Waals surface area contributed by atoms with Gasteiger partial charge in [0.15, 0.2) is 6.10 Å². The highest BCUT2D eigenvalue weighted by Crippen LogP contribution is 2.43. The van der Waals surface area contributed by atoms with E-state index >= 15 is 0 Å². The fourth-order valence-electron chi connectivity index (χ4n) is 7.42. The highest BCUT2D eigenvalue weighted by atomic mass is 31.2. The predicted octanol–water partition coefficient (Wildman–Crippen LogP) is 13.9. The highest BCUT2D eigenvalue weighted by molar-refractivity contribution is 7.47. The summed E-state index contributed by atoms with van der Waals surface area (Å²) in [5, 5.41) is 8.91. The molecule has 0 rings (SSSR count). The molecule has 4 N–H and O–H groups in total. The predicted molar refractivity (Wildman–Crippen MR) is 245 cm³/mol. The first-order valence-electron chi connectivity index (χ1n) is 25.1. The van der Waals surface area contributed by atoms with Crippen molar-refractivity contribution in [2.75, 3.05) is 19.8 Å². The lowest BCUT2D eigenvalue weighted by atomic mass is 10.0. The molecule has 0 aromatic carbocycles. The van der Waals surface area contributed by atoms with E-state index in [2.05, 4.69) is 18.4 Å². The number of carboxylic acids is 1. The highest BCUT2D eigenvalue weighted by Gasteiger charge is 2.28. The number of rotatable bonds is 48. The Hall–Kier alpha value is -1.52. The van der Waals surface area contributed by atoms with Gasteiger partial charge in [-0.25, -0.2) is 4.57 Å². The van der Waals surface area contributed by atoms with E-state index in [0.29, 0.717) is 12.8 Å². The van der Waals surface area contributed by atoms with E-state index in [0.717, 1.165) is 38.5 Å². The summed E-state index contributed by atoms with van der Waals surface area (Å²) in [5.74, 6) is -2.35. The molecule has 0 aromatic rings. The van der Waals surface area contributed by atoms with Crippen molar-refractivity contribution in [2.45, 2.75) is 270 Å². The second kappa shape index (κ2) is 44.1. The Morgan fingerprint density at radius 2 is 0.733 bits per heavy atom. The van der Waals surface area contributed by atoms with E-state index in [4.69, 9.17) is 24.8 Å². The number of phosphoric acid groups is 1. The van der Waals surface area contributed by atoms with E-state index in [9.17, 15) is 23.8 Å². The van der Waals surface area contributed by atoms with Crippen LogP contribution in [0, 0.1) is 0 Å². The second-order valence-electron chi connectivity index (χ2n) is 17.3. The number of nitrogens with two attached hydrogens (primary N) is 1. The minimum Gasteiger partial charge on any atom is -0.480 e. The number of carbonyl (C=O) groups excluding carboxylic acids is 2. The van der Waals surface area contributed by atoms with Crippen molar-refractivity contribution in [1.82, 2.24) is 0 Å². The molecule has 0 saturated heterocycles. The van der Waals surface area contributed by atoms with Crippen molar-refractivity contribution >= 4 is 25.7 Å². The number of phosphoric ester groups is 1. The molecule has 0 amide bonds. The number of esters is 2. The first-order chi connectivity index (χ1) is 29.1. The lowest BCUT2D eigenvalue weighted by Crippen LogP contribution is -2.34. The average Bonchev–Trinajstić information content (AvgIpc) is 3.22. The molecule has 0 aliphatic heterocycles. The summed E-state index contributed by atoms with van der Waals surface area (Å²) >= 11 is 0. The van der Waals surface area contributed by atoms with Crippen LogP contribution in [-0.2, 0) is 37.5 Å². The molecule has 60 heavy (non-hydrogen) atoms. The van der Waals surface area contributed by atoms with Gasteiger partial charge in [-0.3, -0.25) is 23.4 Å². The third-order valence-electron chi connectivity index (χ3n) is 11.4. The molecule has 0 aromatic heterocycles. The molecule has 356 valence electrons. The smallest absolute Gasteiger partial charge is 0.472 e. The normalized spacial score (nSPS) is 13.5. The Balaban J connectivity index is 4.21. The lowest BCUT2D eigenvalue weighted by molar-refractivity contribution is -0.161. The van der Waals surface area contributed by atoms with Gasteiger partial charge < -0.3 is 25.2 Å². The van der Waals surface area contributed by atoms with Crippen molar-refractivity contribution in [2.24, 2.45) is 5.73 Å². The molecule has 0 heterocycles. The summed E-state index contributed by atoms with van der Waals surface area (Å²) in [7, 11) is -4.71. The van der Waals surface area contributed by atoms with Gasteiger partial charge in [-0.2, -0.15) is 0 Å². The van der Waals surface area contributed by atoms with Gasteiger partial charge in [0.2, 0.25) is 0 Å².